The van der Waals surface area contributed by atoms with Gasteiger partial charge in [0, 0.05) is 12.4 Å². The Morgan fingerprint density at radius 3 is 2.38 bits per heavy atom. The lowest BCUT2D eigenvalue weighted by atomic mass is 10.1. The van der Waals surface area contributed by atoms with E-state index >= 15 is 0 Å². The van der Waals surface area contributed by atoms with Gasteiger partial charge < -0.3 is 9.15 Å². The average Bonchev–Trinajstić information content (AvgIpc) is 3.12. The second-order valence-electron chi connectivity index (χ2n) is 6.19. The minimum atomic E-state index is -0.567. The number of rotatable bonds is 4. The van der Waals surface area contributed by atoms with Gasteiger partial charge in [-0.05, 0) is 73.7 Å². The molecule has 0 bridgehead atoms. The maximum atomic E-state index is 13.0. The second-order valence-corrected chi connectivity index (χ2v) is 6.57. The normalized spacial score (nSPS) is 15.6. The first-order valence-corrected chi connectivity index (χ1v) is 9.08. The Morgan fingerprint density at radius 1 is 1.03 bits per heavy atom. The van der Waals surface area contributed by atoms with Gasteiger partial charge in [0.1, 0.15) is 28.6 Å². The van der Waals surface area contributed by atoms with Gasteiger partial charge in [-0.3, -0.25) is 24.8 Å². The van der Waals surface area contributed by atoms with E-state index < -0.39 is 11.8 Å². The standard InChI is InChI=1S/C21H15N3O4S/c1-13-2-5-17(27-13)12-18-19(25)23-21(29)24(20(18)26)14-3-6-15(7-4-14)28-16-8-10-22-11-9-16/h2-12H,1H3,(H,23,25,29). The highest BCUT2D eigenvalue weighted by atomic mass is 32.1. The first-order valence-electron chi connectivity index (χ1n) is 8.67. The zero-order chi connectivity index (χ0) is 20.4. The summed E-state index contributed by atoms with van der Waals surface area (Å²) in [7, 11) is 0. The van der Waals surface area contributed by atoms with Crippen LogP contribution in [0.4, 0.5) is 5.69 Å². The summed E-state index contributed by atoms with van der Waals surface area (Å²) < 4.78 is 11.2. The molecule has 3 heterocycles. The van der Waals surface area contributed by atoms with Gasteiger partial charge in [0.2, 0.25) is 0 Å². The highest BCUT2D eigenvalue weighted by Crippen LogP contribution is 2.27. The number of hydrogen-bond donors (Lipinski definition) is 1. The number of nitrogens with zero attached hydrogens (tertiary/aromatic N) is 2. The third-order valence-corrected chi connectivity index (χ3v) is 4.41. The molecule has 7 nitrogen and oxygen atoms in total. The lowest BCUT2D eigenvalue weighted by molar-refractivity contribution is -0.122. The molecule has 0 spiro atoms. The Bertz CT molecular complexity index is 1120. The van der Waals surface area contributed by atoms with E-state index in [1.807, 2.05) is 0 Å². The molecule has 0 radical (unpaired) electrons. The monoisotopic (exact) mass is 405 g/mol. The van der Waals surface area contributed by atoms with Crippen LogP contribution in [0.15, 0.2) is 70.9 Å². The van der Waals surface area contributed by atoms with Crippen LogP contribution in [0.5, 0.6) is 11.5 Å². The van der Waals surface area contributed by atoms with Gasteiger partial charge in [-0.1, -0.05) is 0 Å². The number of anilines is 1. The molecule has 29 heavy (non-hydrogen) atoms. The van der Waals surface area contributed by atoms with Gasteiger partial charge >= 0.3 is 0 Å². The van der Waals surface area contributed by atoms with E-state index in [1.54, 1.807) is 67.8 Å². The van der Waals surface area contributed by atoms with Crippen molar-refractivity contribution in [2.75, 3.05) is 4.90 Å². The fourth-order valence-corrected chi connectivity index (χ4v) is 3.05. The van der Waals surface area contributed by atoms with E-state index in [2.05, 4.69) is 10.3 Å². The van der Waals surface area contributed by atoms with Gasteiger partial charge in [-0.2, -0.15) is 0 Å². The predicted molar refractivity (Wildman–Crippen MR) is 110 cm³/mol. The lowest BCUT2D eigenvalue weighted by Crippen LogP contribution is -2.54. The second kappa shape index (κ2) is 7.69. The topological polar surface area (TPSA) is 84.7 Å². The molecule has 1 aliphatic rings. The summed E-state index contributed by atoms with van der Waals surface area (Å²) in [4.78, 5) is 30.4. The number of carbonyl (C=O) groups is 2. The van der Waals surface area contributed by atoms with Gasteiger partial charge in [0.05, 0.1) is 5.69 Å². The molecular weight excluding hydrogens is 390 g/mol. The molecule has 2 amide bonds. The van der Waals surface area contributed by atoms with Crippen molar-refractivity contribution in [3.8, 4) is 11.5 Å². The zero-order valence-corrected chi connectivity index (χ0v) is 16.1. The van der Waals surface area contributed by atoms with Crippen molar-refractivity contribution in [3.63, 3.8) is 0 Å². The molecular formula is C21H15N3O4S. The van der Waals surface area contributed by atoms with Crippen molar-refractivity contribution < 1.29 is 18.7 Å². The van der Waals surface area contributed by atoms with Crippen LogP contribution in [0.3, 0.4) is 0 Å². The molecule has 0 aliphatic carbocycles. The molecule has 0 unspecified atom stereocenters. The van der Waals surface area contributed by atoms with Crippen molar-refractivity contribution in [1.29, 1.82) is 0 Å². The number of benzene rings is 1. The van der Waals surface area contributed by atoms with Crippen molar-refractivity contribution >= 4 is 40.9 Å². The molecule has 3 aromatic rings. The fourth-order valence-electron chi connectivity index (χ4n) is 2.77. The number of pyridine rings is 1. The number of furan rings is 1. The number of hydrogen-bond acceptors (Lipinski definition) is 6. The molecule has 1 N–H and O–H groups in total. The van der Waals surface area contributed by atoms with Crippen molar-refractivity contribution in [1.82, 2.24) is 10.3 Å². The van der Waals surface area contributed by atoms with Crippen LogP contribution >= 0.6 is 12.2 Å². The van der Waals surface area contributed by atoms with Crippen LogP contribution in [0.2, 0.25) is 0 Å². The molecule has 0 atom stereocenters. The summed E-state index contributed by atoms with van der Waals surface area (Å²) in [6.45, 7) is 1.78. The molecule has 1 fully saturated rings. The fraction of sp³-hybridized carbons (Fsp3) is 0.0476. The van der Waals surface area contributed by atoms with Crippen LogP contribution < -0.4 is 15.0 Å². The lowest BCUT2D eigenvalue weighted by Gasteiger charge is -2.28. The van der Waals surface area contributed by atoms with Crippen LogP contribution in [0.1, 0.15) is 11.5 Å². The molecule has 4 rings (SSSR count). The highest BCUT2D eigenvalue weighted by molar-refractivity contribution is 7.80. The minimum Gasteiger partial charge on any atom is -0.462 e. The number of aromatic nitrogens is 1. The largest absolute Gasteiger partial charge is 0.462 e. The first kappa shape index (κ1) is 18.6. The van der Waals surface area contributed by atoms with Crippen LogP contribution in [-0.2, 0) is 9.59 Å². The van der Waals surface area contributed by atoms with Crippen molar-refractivity contribution in [2.45, 2.75) is 6.92 Å². The summed E-state index contributed by atoms with van der Waals surface area (Å²) in [5.41, 5.74) is 0.439. The molecule has 1 saturated heterocycles. The summed E-state index contributed by atoms with van der Waals surface area (Å²) in [5, 5.41) is 2.55. The van der Waals surface area contributed by atoms with Gasteiger partial charge in [-0.15, -0.1) is 0 Å². The Morgan fingerprint density at radius 2 is 1.72 bits per heavy atom. The maximum absolute atomic E-state index is 13.0. The summed E-state index contributed by atoms with van der Waals surface area (Å²) in [5.74, 6) is 1.22. The summed E-state index contributed by atoms with van der Waals surface area (Å²) >= 11 is 5.21. The van der Waals surface area contributed by atoms with E-state index in [-0.39, 0.29) is 10.7 Å². The van der Waals surface area contributed by atoms with E-state index in [1.165, 1.54) is 11.0 Å². The number of carbonyl (C=O) groups excluding carboxylic acids is 2. The Balaban J connectivity index is 1.59. The van der Waals surface area contributed by atoms with Crippen LogP contribution in [0.25, 0.3) is 6.08 Å². The van der Waals surface area contributed by atoms with Gasteiger partial charge in [0.25, 0.3) is 11.8 Å². The zero-order valence-electron chi connectivity index (χ0n) is 15.3. The molecule has 2 aromatic heterocycles. The minimum absolute atomic E-state index is 0.00979. The van der Waals surface area contributed by atoms with Crippen molar-refractivity contribution in [2.24, 2.45) is 0 Å². The van der Waals surface area contributed by atoms with E-state index in [9.17, 15) is 9.59 Å². The molecule has 1 aliphatic heterocycles. The van der Waals surface area contributed by atoms with Gasteiger partial charge in [-0.25, -0.2) is 0 Å². The summed E-state index contributed by atoms with van der Waals surface area (Å²) in [6.07, 6.45) is 4.66. The smallest absolute Gasteiger partial charge is 0.270 e. The quantitative estimate of drug-likeness (QED) is 0.406. The first-order chi connectivity index (χ1) is 14.0. The average molecular weight is 405 g/mol. The molecule has 0 saturated carbocycles. The van der Waals surface area contributed by atoms with E-state index in [0.717, 1.165) is 0 Å². The Kier molecular flexibility index (Phi) is 4.92. The number of aryl methyl sites for hydroxylation is 1. The molecule has 8 heteroatoms. The third-order valence-electron chi connectivity index (χ3n) is 4.13. The Hall–Kier alpha value is -3.78. The van der Waals surface area contributed by atoms with Crippen LogP contribution in [-0.4, -0.2) is 21.9 Å². The molecule has 1 aromatic carbocycles. The number of thiocarbonyl (C=S) groups is 1. The van der Waals surface area contributed by atoms with Crippen molar-refractivity contribution in [3.05, 3.63) is 78.0 Å². The third kappa shape index (κ3) is 3.92. The number of amides is 2. The SMILES string of the molecule is Cc1ccc(C=C2C(=O)NC(=S)N(c3ccc(Oc4ccncc4)cc3)C2=O)o1. The number of ether oxygens (including phenoxy) is 1. The predicted octanol–water partition coefficient (Wildman–Crippen LogP) is 3.61. The van der Waals surface area contributed by atoms with Crippen LogP contribution in [0, 0.1) is 6.92 Å². The van der Waals surface area contributed by atoms with E-state index in [0.29, 0.717) is 28.7 Å². The number of nitrogens with one attached hydrogen (secondary N) is 1. The maximum Gasteiger partial charge on any atom is 0.270 e. The highest BCUT2D eigenvalue weighted by Gasteiger charge is 2.34. The van der Waals surface area contributed by atoms with Gasteiger partial charge in [0.15, 0.2) is 5.11 Å². The van der Waals surface area contributed by atoms with E-state index in [4.69, 9.17) is 21.4 Å². The summed E-state index contributed by atoms with van der Waals surface area (Å²) in [6, 6.07) is 13.7. The Labute approximate surface area is 171 Å². The molecule has 144 valence electrons.